The van der Waals surface area contributed by atoms with Crippen LogP contribution in [0.5, 0.6) is 0 Å². The Balaban J connectivity index is 0.00000341. The molecule has 0 unspecified atom stereocenters. The van der Waals surface area contributed by atoms with Crippen molar-refractivity contribution in [3.8, 4) is 0 Å². The number of amides is 2. The largest absolute Gasteiger partial charge is 0.357 e. The second-order valence-corrected chi connectivity index (χ2v) is 7.84. The third-order valence-corrected chi connectivity index (χ3v) is 5.22. The van der Waals surface area contributed by atoms with Crippen molar-refractivity contribution >= 4 is 41.7 Å². The number of aliphatic imine (C=N–C) groups is 1. The molecular weight excluding hydrogens is 501 g/mol. The number of benzene rings is 2. The number of carbonyl (C=O) groups is 1. The average Bonchev–Trinajstić information content (AvgIpc) is 3.28. The van der Waals surface area contributed by atoms with E-state index in [1.165, 1.54) is 11.1 Å². The lowest BCUT2D eigenvalue weighted by atomic mass is 10.1. The molecule has 2 aromatic rings. The summed E-state index contributed by atoms with van der Waals surface area (Å²) in [5, 5.41) is 6.38. The molecule has 2 aromatic carbocycles. The third kappa shape index (κ3) is 7.72. The predicted molar refractivity (Wildman–Crippen MR) is 139 cm³/mol. The van der Waals surface area contributed by atoms with Crippen molar-refractivity contribution in [2.75, 3.05) is 32.0 Å². The average molecular weight is 535 g/mol. The van der Waals surface area contributed by atoms with Crippen LogP contribution < -0.4 is 10.6 Å². The zero-order chi connectivity index (χ0) is 21.3. The number of nitrogens with one attached hydrogen (secondary N) is 2. The Morgan fingerprint density at radius 3 is 2.48 bits per heavy atom. The van der Waals surface area contributed by atoms with Crippen LogP contribution in [0.3, 0.4) is 0 Å². The van der Waals surface area contributed by atoms with Crippen molar-refractivity contribution in [1.29, 1.82) is 0 Å². The molecule has 0 aromatic heterocycles. The van der Waals surface area contributed by atoms with Crippen LogP contribution in [-0.2, 0) is 13.1 Å². The number of hydrogen-bond acceptors (Lipinski definition) is 2. The van der Waals surface area contributed by atoms with Crippen molar-refractivity contribution in [1.82, 2.24) is 15.1 Å². The monoisotopic (exact) mass is 535 g/mol. The molecule has 0 saturated carbocycles. The number of nitrogens with zero attached hydrogens (tertiary/aromatic N) is 3. The Morgan fingerprint density at radius 1 is 1.10 bits per heavy atom. The van der Waals surface area contributed by atoms with Gasteiger partial charge in [-0.3, -0.25) is 0 Å². The van der Waals surface area contributed by atoms with Gasteiger partial charge in [0.1, 0.15) is 0 Å². The molecule has 168 valence electrons. The molecular formula is C24H34IN5O. The fourth-order valence-corrected chi connectivity index (χ4v) is 3.55. The molecule has 1 aliphatic heterocycles. The predicted octanol–water partition coefficient (Wildman–Crippen LogP) is 4.84. The molecule has 2 N–H and O–H groups in total. The molecule has 2 amide bonds. The van der Waals surface area contributed by atoms with Crippen LogP contribution in [-0.4, -0.2) is 48.5 Å². The second kappa shape index (κ2) is 12.5. The van der Waals surface area contributed by atoms with Gasteiger partial charge in [-0.05, 0) is 49.9 Å². The molecule has 6 nitrogen and oxygen atoms in total. The molecule has 7 heteroatoms. The number of rotatable bonds is 6. The van der Waals surface area contributed by atoms with Crippen LogP contribution in [0, 0.1) is 6.92 Å². The third-order valence-electron chi connectivity index (χ3n) is 5.22. The lowest BCUT2D eigenvalue weighted by molar-refractivity contribution is 0.222. The van der Waals surface area contributed by atoms with Gasteiger partial charge < -0.3 is 20.4 Å². The smallest absolute Gasteiger partial charge is 0.321 e. The van der Waals surface area contributed by atoms with E-state index in [4.69, 9.17) is 4.99 Å². The maximum atomic E-state index is 12.3. The fourth-order valence-electron chi connectivity index (χ4n) is 3.55. The molecule has 3 rings (SSSR count). The Morgan fingerprint density at radius 2 is 1.81 bits per heavy atom. The summed E-state index contributed by atoms with van der Waals surface area (Å²) in [6, 6.07) is 16.5. The first-order chi connectivity index (χ1) is 14.5. The number of aryl methyl sites for hydroxylation is 1. The van der Waals surface area contributed by atoms with E-state index >= 15 is 0 Å². The minimum absolute atomic E-state index is 0. The lowest BCUT2D eigenvalue weighted by Gasteiger charge is -2.22. The van der Waals surface area contributed by atoms with E-state index in [-0.39, 0.29) is 30.0 Å². The van der Waals surface area contributed by atoms with Crippen LogP contribution in [0.25, 0.3) is 0 Å². The van der Waals surface area contributed by atoms with E-state index < -0.39 is 0 Å². The van der Waals surface area contributed by atoms with Gasteiger partial charge in [0.2, 0.25) is 0 Å². The van der Waals surface area contributed by atoms with Gasteiger partial charge in [-0.15, -0.1) is 24.0 Å². The number of likely N-dealkylation sites (tertiary alicyclic amines) is 1. The Bertz CT molecular complexity index is 863. The molecule has 1 heterocycles. The van der Waals surface area contributed by atoms with Crippen LogP contribution in [0.2, 0.25) is 0 Å². The highest BCUT2D eigenvalue weighted by atomic mass is 127. The summed E-state index contributed by atoms with van der Waals surface area (Å²) in [5.41, 5.74) is 4.39. The molecule has 31 heavy (non-hydrogen) atoms. The van der Waals surface area contributed by atoms with Gasteiger partial charge in [-0.25, -0.2) is 9.79 Å². The topological polar surface area (TPSA) is 60.0 Å². The summed E-state index contributed by atoms with van der Waals surface area (Å²) < 4.78 is 0. The van der Waals surface area contributed by atoms with E-state index in [0.717, 1.165) is 56.2 Å². The maximum absolute atomic E-state index is 12.3. The fraction of sp³-hybridized carbons (Fsp3) is 0.417. The Kier molecular flexibility index (Phi) is 10.1. The zero-order valence-electron chi connectivity index (χ0n) is 18.7. The van der Waals surface area contributed by atoms with E-state index in [1.54, 1.807) is 0 Å². The van der Waals surface area contributed by atoms with Crippen molar-refractivity contribution in [3.63, 3.8) is 0 Å². The van der Waals surface area contributed by atoms with Crippen molar-refractivity contribution in [2.24, 2.45) is 4.99 Å². The molecule has 0 bridgehead atoms. The van der Waals surface area contributed by atoms with Gasteiger partial charge in [0, 0.05) is 38.9 Å². The normalized spacial score (nSPS) is 13.5. The summed E-state index contributed by atoms with van der Waals surface area (Å²) >= 11 is 0. The molecule has 0 atom stereocenters. The molecule has 0 radical (unpaired) electrons. The Labute approximate surface area is 203 Å². The van der Waals surface area contributed by atoms with E-state index in [2.05, 4.69) is 53.6 Å². The van der Waals surface area contributed by atoms with Crippen molar-refractivity contribution < 1.29 is 4.79 Å². The summed E-state index contributed by atoms with van der Waals surface area (Å²) in [6.07, 6.45) is 2.18. The van der Waals surface area contributed by atoms with Gasteiger partial charge in [-0.1, -0.05) is 42.0 Å². The summed E-state index contributed by atoms with van der Waals surface area (Å²) in [5.74, 6) is 0.865. The standard InChI is InChI=1S/C24H33N5O.HI/c1-4-25-23(28(3)18-20-12-10-19(2)11-13-20)26-17-21-8-7-9-22(16-21)27-24(30)29-14-5-6-15-29;/h7-13,16H,4-6,14-15,17-18H2,1-3H3,(H,25,26)(H,27,30);1H. The van der Waals surface area contributed by atoms with Crippen molar-refractivity contribution in [3.05, 3.63) is 65.2 Å². The second-order valence-electron chi connectivity index (χ2n) is 7.84. The van der Waals surface area contributed by atoms with Crippen molar-refractivity contribution in [2.45, 2.75) is 39.8 Å². The minimum Gasteiger partial charge on any atom is -0.357 e. The number of anilines is 1. The van der Waals surface area contributed by atoms with Crippen LogP contribution in [0.4, 0.5) is 10.5 Å². The maximum Gasteiger partial charge on any atom is 0.321 e. The molecule has 0 spiro atoms. The molecule has 1 aliphatic rings. The minimum atomic E-state index is -0.0145. The SMILES string of the molecule is CCNC(=NCc1cccc(NC(=O)N2CCCC2)c1)N(C)Cc1ccc(C)cc1.I. The zero-order valence-corrected chi connectivity index (χ0v) is 21.1. The quantitative estimate of drug-likeness (QED) is 0.316. The highest BCUT2D eigenvalue weighted by Crippen LogP contribution is 2.15. The van der Waals surface area contributed by atoms with Gasteiger partial charge >= 0.3 is 6.03 Å². The first-order valence-corrected chi connectivity index (χ1v) is 10.7. The number of guanidine groups is 1. The van der Waals surface area contributed by atoms with Crippen LogP contribution in [0.1, 0.15) is 36.5 Å². The highest BCUT2D eigenvalue weighted by molar-refractivity contribution is 14.0. The molecule has 0 aliphatic carbocycles. The van der Waals surface area contributed by atoms with Gasteiger partial charge in [-0.2, -0.15) is 0 Å². The number of halogens is 1. The number of carbonyl (C=O) groups excluding carboxylic acids is 1. The summed E-state index contributed by atoms with van der Waals surface area (Å²) in [7, 11) is 2.05. The first-order valence-electron chi connectivity index (χ1n) is 10.7. The number of hydrogen-bond donors (Lipinski definition) is 2. The number of urea groups is 1. The van der Waals surface area contributed by atoms with Gasteiger partial charge in [0.15, 0.2) is 5.96 Å². The van der Waals surface area contributed by atoms with Gasteiger partial charge in [0.05, 0.1) is 6.54 Å². The van der Waals surface area contributed by atoms with Gasteiger partial charge in [0.25, 0.3) is 0 Å². The first kappa shape index (κ1) is 25.0. The van der Waals surface area contributed by atoms with E-state index in [1.807, 2.05) is 36.2 Å². The Hall–Kier alpha value is -2.29. The summed E-state index contributed by atoms with van der Waals surface area (Å²) in [4.78, 5) is 21.1. The molecule has 1 fully saturated rings. The van der Waals surface area contributed by atoms with Crippen LogP contribution >= 0.6 is 24.0 Å². The highest BCUT2D eigenvalue weighted by Gasteiger charge is 2.17. The van der Waals surface area contributed by atoms with Crippen LogP contribution in [0.15, 0.2) is 53.5 Å². The molecule has 1 saturated heterocycles. The lowest BCUT2D eigenvalue weighted by Crippen LogP contribution is -2.38. The van der Waals surface area contributed by atoms with E-state index in [9.17, 15) is 4.79 Å². The summed E-state index contributed by atoms with van der Waals surface area (Å²) in [6.45, 7) is 8.00. The van der Waals surface area contributed by atoms with E-state index in [0.29, 0.717) is 6.54 Å².